The predicted octanol–water partition coefficient (Wildman–Crippen LogP) is 2.40. The first kappa shape index (κ1) is 19.6. The van der Waals surface area contributed by atoms with Gasteiger partial charge in [-0.2, -0.15) is 0 Å². The van der Waals surface area contributed by atoms with Crippen LogP contribution in [0.15, 0.2) is 35.5 Å². The number of fused-ring (bicyclic) bond motifs is 3. The normalized spacial score (nSPS) is 11.4. The summed E-state index contributed by atoms with van der Waals surface area (Å²) in [6.07, 6.45) is 0. The van der Waals surface area contributed by atoms with Gasteiger partial charge in [-0.15, -0.1) is 10.2 Å². The van der Waals surface area contributed by atoms with E-state index >= 15 is 0 Å². The fourth-order valence-electron chi connectivity index (χ4n) is 2.95. The Morgan fingerprint density at radius 1 is 1.15 bits per heavy atom. The molecule has 8 heteroatoms. The number of carbonyl (C=O) groups is 1. The molecule has 0 fully saturated rings. The van der Waals surface area contributed by atoms with Crippen LogP contribution in [0.2, 0.25) is 0 Å². The van der Waals surface area contributed by atoms with Crippen LogP contribution in [0.5, 0.6) is 0 Å². The molecular weight excluding hydrogens is 364 g/mol. The van der Waals surface area contributed by atoms with Crippen LogP contribution >= 0.6 is 11.8 Å². The van der Waals surface area contributed by atoms with Gasteiger partial charge in [0.1, 0.15) is 0 Å². The number of nitrogens with zero attached hydrogens (tertiary/aromatic N) is 4. The van der Waals surface area contributed by atoms with Crippen LogP contribution in [0.1, 0.15) is 5.56 Å². The number of aromatic nitrogens is 3. The summed E-state index contributed by atoms with van der Waals surface area (Å²) in [7, 11) is 3.26. The summed E-state index contributed by atoms with van der Waals surface area (Å²) in [5.74, 6) is 0.318. The van der Waals surface area contributed by atoms with Gasteiger partial charge in [-0.05, 0) is 24.6 Å². The molecule has 0 aliphatic heterocycles. The Kier molecular flexibility index (Phi) is 6.65. The van der Waals surface area contributed by atoms with Crippen molar-refractivity contribution >= 4 is 34.2 Å². The second kappa shape index (κ2) is 9.16. The van der Waals surface area contributed by atoms with E-state index in [4.69, 9.17) is 9.47 Å². The fourth-order valence-corrected chi connectivity index (χ4v) is 3.80. The van der Waals surface area contributed by atoms with E-state index in [0.717, 1.165) is 22.1 Å². The molecule has 0 bridgehead atoms. The number of thioether (sulfide) groups is 1. The van der Waals surface area contributed by atoms with Crippen molar-refractivity contribution in [3.63, 3.8) is 0 Å². The molecule has 0 aliphatic rings. The molecule has 7 nitrogen and oxygen atoms in total. The molecular formula is C19H24N4O3S. The van der Waals surface area contributed by atoms with Crippen LogP contribution < -0.4 is 0 Å². The van der Waals surface area contributed by atoms with Gasteiger partial charge in [-0.25, -0.2) is 0 Å². The molecule has 3 rings (SSSR count). The number of benzene rings is 1. The van der Waals surface area contributed by atoms with Crippen molar-refractivity contribution in [1.82, 2.24) is 19.5 Å². The van der Waals surface area contributed by atoms with Crippen molar-refractivity contribution in [3.05, 3.63) is 35.9 Å². The van der Waals surface area contributed by atoms with Gasteiger partial charge in [0.25, 0.3) is 0 Å². The number of ether oxygens (including phenoxy) is 2. The number of carbonyl (C=O) groups excluding carboxylic acids is 1. The van der Waals surface area contributed by atoms with Gasteiger partial charge in [0.15, 0.2) is 10.8 Å². The lowest BCUT2D eigenvalue weighted by atomic mass is 10.1. The van der Waals surface area contributed by atoms with E-state index in [0.29, 0.717) is 31.5 Å². The first-order chi connectivity index (χ1) is 13.2. The van der Waals surface area contributed by atoms with E-state index in [1.54, 1.807) is 19.1 Å². The summed E-state index contributed by atoms with van der Waals surface area (Å²) in [6, 6.07) is 10.2. The zero-order valence-corrected chi connectivity index (χ0v) is 16.7. The molecule has 3 aromatic rings. The van der Waals surface area contributed by atoms with Gasteiger partial charge in [-0.3, -0.25) is 9.20 Å². The Hall–Kier alpha value is -2.16. The Morgan fingerprint density at radius 3 is 2.56 bits per heavy atom. The maximum Gasteiger partial charge on any atom is 0.233 e. The molecule has 0 radical (unpaired) electrons. The lowest BCUT2D eigenvalue weighted by molar-refractivity contribution is -0.129. The maximum atomic E-state index is 12.6. The number of aryl methyl sites for hydroxylation is 1. The van der Waals surface area contributed by atoms with Gasteiger partial charge < -0.3 is 14.4 Å². The molecule has 2 aromatic heterocycles. The van der Waals surface area contributed by atoms with E-state index < -0.39 is 0 Å². The maximum absolute atomic E-state index is 12.6. The average molecular weight is 388 g/mol. The Morgan fingerprint density at radius 2 is 1.85 bits per heavy atom. The first-order valence-corrected chi connectivity index (χ1v) is 9.76. The lowest BCUT2D eigenvalue weighted by Crippen LogP contribution is -2.37. The highest BCUT2D eigenvalue weighted by Crippen LogP contribution is 2.25. The standard InChI is InChI=1S/C19H24N4O3S/c1-14-12-17-20-21-19(23(17)16-7-5-4-6-15(14)16)27-13-18(24)22(8-10-25-2)9-11-26-3/h4-7,12H,8-11,13H2,1-3H3. The average Bonchev–Trinajstić information content (AvgIpc) is 3.09. The van der Waals surface area contributed by atoms with Crippen LogP contribution in [-0.2, 0) is 14.3 Å². The van der Waals surface area contributed by atoms with E-state index in [9.17, 15) is 4.79 Å². The minimum atomic E-state index is 0.0299. The zero-order valence-electron chi connectivity index (χ0n) is 15.8. The van der Waals surface area contributed by atoms with Crippen molar-refractivity contribution < 1.29 is 14.3 Å². The predicted molar refractivity (Wildman–Crippen MR) is 106 cm³/mol. The van der Waals surface area contributed by atoms with Gasteiger partial charge in [0.05, 0.1) is 24.5 Å². The number of rotatable bonds is 9. The van der Waals surface area contributed by atoms with Crippen molar-refractivity contribution in [2.24, 2.45) is 0 Å². The summed E-state index contributed by atoms with van der Waals surface area (Å²) in [5.41, 5.74) is 2.99. The third-order valence-electron chi connectivity index (χ3n) is 4.38. The van der Waals surface area contributed by atoms with Crippen LogP contribution in [0.4, 0.5) is 0 Å². The SMILES string of the molecule is COCCN(CCOC)C(=O)CSc1nnc2cc(C)c3ccccc3n12. The van der Waals surface area contributed by atoms with E-state index in [1.165, 1.54) is 11.8 Å². The summed E-state index contributed by atoms with van der Waals surface area (Å²) in [5, 5.41) is 10.4. The topological polar surface area (TPSA) is 69.0 Å². The van der Waals surface area contributed by atoms with E-state index in [2.05, 4.69) is 23.2 Å². The molecule has 27 heavy (non-hydrogen) atoms. The fraction of sp³-hybridized carbons (Fsp3) is 0.421. The van der Waals surface area contributed by atoms with Crippen molar-refractivity contribution in [3.8, 4) is 0 Å². The Balaban J connectivity index is 1.80. The van der Waals surface area contributed by atoms with Crippen LogP contribution in [0, 0.1) is 6.92 Å². The molecule has 144 valence electrons. The van der Waals surface area contributed by atoms with Crippen molar-refractivity contribution in [1.29, 1.82) is 0 Å². The van der Waals surface area contributed by atoms with Gasteiger partial charge in [-0.1, -0.05) is 30.0 Å². The molecule has 0 unspecified atom stereocenters. The summed E-state index contributed by atoms with van der Waals surface area (Å²) in [4.78, 5) is 14.4. The largest absolute Gasteiger partial charge is 0.383 e. The highest BCUT2D eigenvalue weighted by molar-refractivity contribution is 7.99. The number of methoxy groups -OCH3 is 2. The Bertz CT molecular complexity index is 920. The highest BCUT2D eigenvalue weighted by Gasteiger charge is 2.17. The Labute approximate surface area is 162 Å². The number of hydrogen-bond donors (Lipinski definition) is 0. The van der Waals surface area contributed by atoms with Crippen LogP contribution in [0.25, 0.3) is 16.6 Å². The smallest absolute Gasteiger partial charge is 0.233 e. The third kappa shape index (κ3) is 4.40. The monoisotopic (exact) mass is 388 g/mol. The molecule has 1 amide bonds. The highest BCUT2D eigenvalue weighted by atomic mass is 32.2. The van der Waals surface area contributed by atoms with Crippen molar-refractivity contribution in [2.75, 3.05) is 46.3 Å². The zero-order chi connectivity index (χ0) is 19.2. The van der Waals surface area contributed by atoms with E-state index in [1.807, 2.05) is 28.7 Å². The van der Waals surface area contributed by atoms with Crippen LogP contribution in [0.3, 0.4) is 0 Å². The number of hydrogen-bond acceptors (Lipinski definition) is 6. The van der Waals surface area contributed by atoms with Crippen molar-refractivity contribution in [2.45, 2.75) is 12.1 Å². The second-order valence-electron chi connectivity index (χ2n) is 6.18. The van der Waals surface area contributed by atoms with Gasteiger partial charge >= 0.3 is 0 Å². The molecule has 0 atom stereocenters. The summed E-state index contributed by atoms with van der Waals surface area (Å²) < 4.78 is 12.2. The molecule has 0 saturated heterocycles. The molecule has 2 heterocycles. The first-order valence-electron chi connectivity index (χ1n) is 8.77. The van der Waals surface area contributed by atoms with Crippen LogP contribution in [-0.4, -0.2) is 71.7 Å². The lowest BCUT2D eigenvalue weighted by Gasteiger charge is -2.21. The minimum Gasteiger partial charge on any atom is -0.383 e. The molecule has 0 aliphatic carbocycles. The third-order valence-corrected chi connectivity index (χ3v) is 5.30. The summed E-state index contributed by atoms with van der Waals surface area (Å²) in [6.45, 7) is 4.15. The molecule has 0 saturated carbocycles. The quantitative estimate of drug-likeness (QED) is 0.525. The number of amides is 1. The number of para-hydroxylation sites is 1. The second-order valence-corrected chi connectivity index (χ2v) is 7.12. The summed E-state index contributed by atoms with van der Waals surface area (Å²) >= 11 is 1.40. The molecule has 0 spiro atoms. The minimum absolute atomic E-state index is 0.0299. The molecule has 1 aromatic carbocycles. The molecule has 0 N–H and O–H groups in total. The van der Waals surface area contributed by atoms with Gasteiger partial charge in [0.2, 0.25) is 5.91 Å². The number of pyridine rings is 1. The van der Waals surface area contributed by atoms with E-state index in [-0.39, 0.29) is 11.7 Å². The van der Waals surface area contributed by atoms with Gasteiger partial charge in [0, 0.05) is 32.7 Å².